The number of amides is 1. The Kier molecular flexibility index (Phi) is 7.21. The molecule has 3 aromatic rings. The Balaban J connectivity index is 1.60. The van der Waals surface area contributed by atoms with E-state index < -0.39 is 10.0 Å². The first-order chi connectivity index (χ1) is 14.7. The van der Waals surface area contributed by atoms with E-state index in [0.29, 0.717) is 11.4 Å². The fourth-order valence-corrected chi connectivity index (χ4v) is 4.70. The van der Waals surface area contributed by atoms with Gasteiger partial charge in [0.2, 0.25) is 5.91 Å². The van der Waals surface area contributed by atoms with Gasteiger partial charge in [-0.05, 0) is 91.1 Å². The predicted molar refractivity (Wildman–Crippen MR) is 131 cm³/mol. The van der Waals surface area contributed by atoms with Crippen LogP contribution in [-0.4, -0.2) is 19.4 Å². The summed E-state index contributed by atoms with van der Waals surface area (Å²) < 4.78 is 27.9. The van der Waals surface area contributed by atoms with Crippen LogP contribution in [0.1, 0.15) is 16.0 Å². The Morgan fingerprint density at radius 2 is 1.68 bits per heavy atom. The molecular weight excluding hydrogens is 450 g/mol. The van der Waals surface area contributed by atoms with Crippen LogP contribution in [0.5, 0.6) is 0 Å². The zero-order valence-electron chi connectivity index (χ0n) is 16.9. The largest absolute Gasteiger partial charge is 0.332 e. The zero-order chi connectivity index (χ0) is 22.4. The molecule has 6 nitrogen and oxygen atoms in total. The van der Waals surface area contributed by atoms with Crippen molar-refractivity contribution in [2.24, 2.45) is 0 Å². The molecule has 9 heteroatoms. The minimum Gasteiger partial charge on any atom is -0.332 e. The van der Waals surface area contributed by atoms with Gasteiger partial charge in [-0.25, -0.2) is 8.42 Å². The number of nitrogens with one attached hydrogen (secondary N) is 3. The first-order valence-corrected chi connectivity index (χ1v) is 12.0. The lowest BCUT2D eigenvalue weighted by Crippen LogP contribution is -2.32. The Morgan fingerprint density at radius 3 is 2.29 bits per heavy atom. The van der Waals surface area contributed by atoms with Gasteiger partial charge in [-0.15, -0.1) is 11.3 Å². The van der Waals surface area contributed by atoms with Gasteiger partial charge < -0.3 is 5.32 Å². The van der Waals surface area contributed by atoms with Crippen LogP contribution in [0.25, 0.3) is 6.08 Å². The van der Waals surface area contributed by atoms with Crippen molar-refractivity contribution in [3.8, 4) is 0 Å². The third-order valence-corrected chi connectivity index (χ3v) is 6.51. The van der Waals surface area contributed by atoms with E-state index in [4.69, 9.17) is 12.2 Å². The smallest absolute Gasteiger partial charge is 0.261 e. The highest BCUT2D eigenvalue weighted by atomic mass is 32.2. The SMILES string of the molecule is Cc1cc(C)cc(NS(=O)(=O)c2ccc(NC(=S)NC(=O)/C=C/c3cccs3)cc2)c1. The van der Waals surface area contributed by atoms with E-state index in [1.54, 1.807) is 30.3 Å². The molecule has 0 saturated carbocycles. The molecule has 0 atom stereocenters. The maximum atomic E-state index is 12.7. The van der Waals surface area contributed by atoms with Crippen LogP contribution < -0.4 is 15.4 Å². The molecule has 0 bridgehead atoms. The second-order valence-corrected chi connectivity index (χ2v) is 9.87. The number of thiocarbonyl (C=S) groups is 1. The number of rotatable bonds is 6. The van der Waals surface area contributed by atoms with Gasteiger partial charge in [0.1, 0.15) is 0 Å². The minimum atomic E-state index is -3.73. The van der Waals surface area contributed by atoms with E-state index in [0.717, 1.165) is 16.0 Å². The summed E-state index contributed by atoms with van der Waals surface area (Å²) in [6, 6.07) is 15.4. The summed E-state index contributed by atoms with van der Waals surface area (Å²) in [5, 5.41) is 7.45. The Bertz CT molecular complexity index is 1200. The number of carbonyl (C=O) groups excluding carboxylic acids is 1. The minimum absolute atomic E-state index is 0.116. The Morgan fingerprint density at radius 1 is 1.00 bits per heavy atom. The molecule has 3 N–H and O–H groups in total. The maximum absolute atomic E-state index is 12.7. The summed E-state index contributed by atoms with van der Waals surface area (Å²) in [5.74, 6) is -0.359. The summed E-state index contributed by atoms with van der Waals surface area (Å²) in [4.78, 5) is 13.0. The third kappa shape index (κ3) is 6.74. The molecule has 0 radical (unpaired) electrons. The standard InChI is InChI=1S/C22H21N3O3S3/c1-15-12-16(2)14-18(13-15)25-31(27,28)20-8-5-17(6-9-20)23-22(29)24-21(26)10-7-19-4-3-11-30-19/h3-14,25H,1-2H3,(H2,23,24,26,29)/b10-7+. The molecule has 0 spiro atoms. The van der Waals surface area contributed by atoms with E-state index in [1.165, 1.54) is 29.5 Å². The third-order valence-electron chi connectivity index (χ3n) is 4.08. The number of thiophene rings is 1. The van der Waals surface area contributed by atoms with Crippen molar-refractivity contribution in [2.75, 3.05) is 10.0 Å². The molecule has 0 fully saturated rings. The molecule has 1 amide bonds. The molecule has 31 heavy (non-hydrogen) atoms. The number of hydrogen-bond donors (Lipinski definition) is 3. The quantitative estimate of drug-likeness (QED) is 0.359. The molecule has 0 aliphatic heterocycles. The van der Waals surface area contributed by atoms with Crippen LogP contribution in [-0.2, 0) is 14.8 Å². The highest BCUT2D eigenvalue weighted by Crippen LogP contribution is 2.20. The molecule has 0 aliphatic carbocycles. The van der Waals surface area contributed by atoms with E-state index in [2.05, 4.69) is 15.4 Å². The van der Waals surface area contributed by atoms with Crippen molar-refractivity contribution in [1.29, 1.82) is 0 Å². The average Bonchev–Trinajstić information content (AvgIpc) is 3.19. The molecule has 160 valence electrons. The van der Waals surface area contributed by atoms with E-state index in [9.17, 15) is 13.2 Å². The van der Waals surface area contributed by atoms with E-state index in [-0.39, 0.29) is 15.9 Å². The van der Waals surface area contributed by atoms with Crippen LogP contribution in [0, 0.1) is 13.8 Å². The van der Waals surface area contributed by atoms with Gasteiger partial charge in [0.25, 0.3) is 10.0 Å². The van der Waals surface area contributed by atoms with Crippen molar-refractivity contribution in [1.82, 2.24) is 5.32 Å². The summed E-state index contributed by atoms with van der Waals surface area (Å²) in [6.45, 7) is 3.82. The van der Waals surface area contributed by atoms with Crippen molar-refractivity contribution in [3.63, 3.8) is 0 Å². The summed E-state index contributed by atoms with van der Waals surface area (Å²) in [7, 11) is -3.73. The normalized spacial score (nSPS) is 11.3. The second kappa shape index (κ2) is 9.86. The first kappa shape index (κ1) is 22.7. The summed E-state index contributed by atoms with van der Waals surface area (Å²) in [6.07, 6.45) is 3.10. The second-order valence-electron chi connectivity index (χ2n) is 6.80. The van der Waals surface area contributed by atoms with Gasteiger partial charge in [-0.1, -0.05) is 12.1 Å². The zero-order valence-corrected chi connectivity index (χ0v) is 19.3. The van der Waals surface area contributed by atoms with Gasteiger partial charge in [-0.2, -0.15) is 0 Å². The first-order valence-electron chi connectivity index (χ1n) is 9.26. The Hall–Kier alpha value is -3.01. The number of hydrogen-bond acceptors (Lipinski definition) is 5. The molecule has 0 saturated heterocycles. The fraction of sp³-hybridized carbons (Fsp3) is 0.0909. The fourth-order valence-electron chi connectivity index (χ4n) is 2.82. The van der Waals surface area contributed by atoms with Crippen LogP contribution in [0.15, 0.2) is 70.9 Å². The van der Waals surface area contributed by atoms with E-state index >= 15 is 0 Å². The van der Waals surface area contributed by atoms with Crippen LogP contribution in [0.2, 0.25) is 0 Å². The Labute approximate surface area is 191 Å². The van der Waals surface area contributed by atoms with Gasteiger partial charge in [-0.3, -0.25) is 14.8 Å². The molecule has 3 rings (SSSR count). The van der Waals surface area contributed by atoms with E-state index in [1.807, 2.05) is 37.4 Å². The molecule has 0 unspecified atom stereocenters. The average molecular weight is 472 g/mol. The number of aryl methyl sites for hydroxylation is 2. The molecule has 2 aromatic carbocycles. The maximum Gasteiger partial charge on any atom is 0.261 e. The van der Waals surface area contributed by atoms with Crippen molar-refractivity contribution < 1.29 is 13.2 Å². The van der Waals surface area contributed by atoms with Gasteiger partial charge in [0.05, 0.1) is 4.90 Å². The number of sulfonamides is 1. The highest BCUT2D eigenvalue weighted by molar-refractivity contribution is 7.92. The number of anilines is 2. The van der Waals surface area contributed by atoms with Crippen LogP contribution in [0.3, 0.4) is 0 Å². The number of benzene rings is 2. The lowest BCUT2D eigenvalue weighted by Gasteiger charge is -2.11. The van der Waals surface area contributed by atoms with Gasteiger partial charge in [0.15, 0.2) is 5.11 Å². The van der Waals surface area contributed by atoms with Crippen molar-refractivity contribution in [2.45, 2.75) is 18.7 Å². The van der Waals surface area contributed by atoms with Gasteiger partial charge in [0, 0.05) is 22.3 Å². The lowest BCUT2D eigenvalue weighted by molar-refractivity contribution is -0.115. The lowest BCUT2D eigenvalue weighted by atomic mass is 10.1. The molecular formula is C22H21N3O3S3. The highest BCUT2D eigenvalue weighted by Gasteiger charge is 2.14. The molecule has 1 aromatic heterocycles. The van der Waals surface area contributed by atoms with Crippen LogP contribution in [0.4, 0.5) is 11.4 Å². The summed E-state index contributed by atoms with van der Waals surface area (Å²) in [5.41, 5.74) is 3.01. The van der Waals surface area contributed by atoms with Crippen molar-refractivity contribution >= 4 is 62.0 Å². The predicted octanol–water partition coefficient (Wildman–Crippen LogP) is 4.69. The van der Waals surface area contributed by atoms with Crippen LogP contribution >= 0.6 is 23.6 Å². The monoisotopic (exact) mass is 471 g/mol. The van der Waals surface area contributed by atoms with Gasteiger partial charge >= 0.3 is 0 Å². The topological polar surface area (TPSA) is 87.3 Å². The molecule has 0 aliphatic rings. The molecule has 1 heterocycles. The number of carbonyl (C=O) groups is 1. The van der Waals surface area contributed by atoms with Crippen molar-refractivity contribution in [3.05, 3.63) is 82.1 Å². The summed E-state index contributed by atoms with van der Waals surface area (Å²) >= 11 is 6.66.